The SMILES string of the molecule is CCNC(C)(CN1CCCN(C)CC1C)C(N)=O. The van der Waals surface area contributed by atoms with Crippen molar-refractivity contribution in [2.24, 2.45) is 5.73 Å². The molecule has 1 aliphatic heterocycles. The molecule has 0 radical (unpaired) electrons. The second-order valence-corrected chi connectivity index (χ2v) is 5.66. The zero-order valence-corrected chi connectivity index (χ0v) is 12.2. The Labute approximate surface area is 111 Å². The maximum Gasteiger partial charge on any atom is 0.238 e. The molecule has 1 aliphatic rings. The molecule has 0 spiro atoms. The van der Waals surface area contributed by atoms with E-state index >= 15 is 0 Å². The predicted octanol–water partition coefficient (Wildman–Crippen LogP) is -0.134. The van der Waals surface area contributed by atoms with Crippen LogP contribution >= 0.6 is 0 Å². The van der Waals surface area contributed by atoms with Gasteiger partial charge < -0.3 is 16.0 Å². The number of hydrogen-bond donors (Lipinski definition) is 2. The highest BCUT2D eigenvalue weighted by Gasteiger charge is 2.34. The van der Waals surface area contributed by atoms with E-state index in [9.17, 15) is 4.79 Å². The van der Waals surface area contributed by atoms with E-state index in [2.05, 4.69) is 29.1 Å². The first-order valence-electron chi connectivity index (χ1n) is 6.86. The summed E-state index contributed by atoms with van der Waals surface area (Å²) >= 11 is 0. The van der Waals surface area contributed by atoms with Gasteiger partial charge in [-0.2, -0.15) is 0 Å². The van der Waals surface area contributed by atoms with Gasteiger partial charge in [-0.1, -0.05) is 6.92 Å². The van der Waals surface area contributed by atoms with E-state index in [1.165, 1.54) is 0 Å². The van der Waals surface area contributed by atoms with Crippen LogP contribution in [-0.4, -0.2) is 67.1 Å². The van der Waals surface area contributed by atoms with Crippen LogP contribution in [0, 0.1) is 0 Å². The van der Waals surface area contributed by atoms with Crippen LogP contribution in [0.1, 0.15) is 27.2 Å². The lowest BCUT2D eigenvalue weighted by atomic mass is 9.99. The second-order valence-electron chi connectivity index (χ2n) is 5.66. The summed E-state index contributed by atoms with van der Waals surface area (Å²) in [5, 5.41) is 3.23. The van der Waals surface area contributed by atoms with E-state index in [-0.39, 0.29) is 5.91 Å². The summed E-state index contributed by atoms with van der Waals surface area (Å²) < 4.78 is 0. The summed E-state index contributed by atoms with van der Waals surface area (Å²) in [4.78, 5) is 16.4. The number of primary amides is 1. The van der Waals surface area contributed by atoms with Gasteiger partial charge in [0.25, 0.3) is 0 Å². The maximum absolute atomic E-state index is 11.7. The highest BCUT2D eigenvalue weighted by atomic mass is 16.1. The molecule has 0 saturated carbocycles. The molecule has 0 aromatic rings. The van der Waals surface area contributed by atoms with E-state index in [1.54, 1.807) is 0 Å². The largest absolute Gasteiger partial charge is 0.368 e. The summed E-state index contributed by atoms with van der Waals surface area (Å²) in [5.41, 5.74) is 4.91. The highest BCUT2D eigenvalue weighted by Crippen LogP contribution is 2.13. The van der Waals surface area contributed by atoms with Gasteiger partial charge in [-0.05, 0) is 47.0 Å². The number of carbonyl (C=O) groups is 1. The van der Waals surface area contributed by atoms with Crippen molar-refractivity contribution in [2.45, 2.75) is 38.8 Å². The third-order valence-electron chi connectivity index (χ3n) is 3.81. The zero-order chi connectivity index (χ0) is 13.8. The van der Waals surface area contributed by atoms with Crippen LogP contribution in [0.3, 0.4) is 0 Å². The third kappa shape index (κ3) is 3.93. The molecule has 0 bridgehead atoms. The fraction of sp³-hybridized carbons (Fsp3) is 0.923. The molecule has 1 saturated heterocycles. The van der Waals surface area contributed by atoms with Gasteiger partial charge in [-0.15, -0.1) is 0 Å². The van der Waals surface area contributed by atoms with E-state index in [0.29, 0.717) is 12.6 Å². The van der Waals surface area contributed by atoms with Gasteiger partial charge in [0.2, 0.25) is 5.91 Å². The van der Waals surface area contributed by atoms with E-state index in [0.717, 1.165) is 32.6 Å². The Hall–Kier alpha value is -0.650. The summed E-state index contributed by atoms with van der Waals surface area (Å²) in [5.74, 6) is -0.269. The van der Waals surface area contributed by atoms with Crippen molar-refractivity contribution in [3.8, 4) is 0 Å². The van der Waals surface area contributed by atoms with E-state index in [1.807, 2.05) is 13.8 Å². The smallest absolute Gasteiger partial charge is 0.238 e. The average Bonchev–Trinajstić information content (AvgIpc) is 2.41. The van der Waals surface area contributed by atoms with Crippen LogP contribution in [0.5, 0.6) is 0 Å². The summed E-state index contributed by atoms with van der Waals surface area (Å²) in [7, 11) is 2.15. The molecule has 106 valence electrons. The first-order valence-corrected chi connectivity index (χ1v) is 6.86. The van der Waals surface area contributed by atoms with Crippen molar-refractivity contribution in [1.82, 2.24) is 15.1 Å². The summed E-state index contributed by atoms with van der Waals surface area (Å²) in [6.07, 6.45) is 1.14. The minimum absolute atomic E-state index is 0.269. The Balaban J connectivity index is 2.70. The zero-order valence-electron chi connectivity index (χ0n) is 12.2. The molecule has 3 N–H and O–H groups in total. The maximum atomic E-state index is 11.7. The molecule has 1 amide bonds. The molecular weight excluding hydrogens is 228 g/mol. The van der Waals surface area contributed by atoms with Crippen LogP contribution in [0.2, 0.25) is 0 Å². The van der Waals surface area contributed by atoms with E-state index < -0.39 is 5.54 Å². The van der Waals surface area contributed by atoms with Crippen molar-refractivity contribution < 1.29 is 4.79 Å². The normalized spacial score (nSPS) is 26.6. The minimum atomic E-state index is -0.633. The first kappa shape index (κ1) is 15.4. The lowest BCUT2D eigenvalue weighted by molar-refractivity contribution is -0.124. The van der Waals surface area contributed by atoms with Gasteiger partial charge in [0.15, 0.2) is 0 Å². The second kappa shape index (κ2) is 6.50. The van der Waals surface area contributed by atoms with Gasteiger partial charge >= 0.3 is 0 Å². The number of rotatable bonds is 5. The molecule has 1 fully saturated rings. The molecule has 0 aromatic carbocycles. The molecule has 1 heterocycles. The van der Waals surface area contributed by atoms with Gasteiger partial charge in [-0.3, -0.25) is 9.69 Å². The molecule has 5 nitrogen and oxygen atoms in total. The molecule has 2 unspecified atom stereocenters. The fourth-order valence-corrected chi connectivity index (χ4v) is 2.67. The topological polar surface area (TPSA) is 61.6 Å². The highest BCUT2D eigenvalue weighted by molar-refractivity contribution is 5.84. The van der Waals surface area contributed by atoms with Crippen LogP contribution < -0.4 is 11.1 Å². The molecule has 5 heteroatoms. The van der Waals surface area contributed by atoms with Crippen molar-refractivity contribution in [3.63, 3.8) is 0 Å². The summed E-state index contributed by atoms with van der Waals surface area (Å²) in [6.45, 7) is 10.7. The standard InChI is InChI=1S/C13H28N4O/c1-5-15-13(3,12(14)18)10-17-8-6-7-16(4)9-11(17)2/h11,15H,5-10H2,1-4H3,(H2,14,18). The van der Waals surface area contributed by atoms with Crippen molar-refractivity contribution >= 4 is 5.91 Å². The molecule has 2 atom stereocenters. The first-order chi connectivity index (χ1) is 8.39. The quantitative estimate of drug-likeness (QED) is 0.719. The molecule has 18 heavy (non-hydrogen) atoms. The number of amides is 1. The number of carbonyl (C=O) groups excluding carboxylic acids is 1. The monoisotopic (exact) mass is 256 g/mol. The Morgan fingerprint density at radius 1 is 1.50 bits per heavy atom. The van der Waals surface area contributed by atoms with Crippen LogP contribution in [-0.2, 0) is 4.79 Å². The van der Waals surface area contributed by atoms with Crippen LogP contribution in [0.25, 0.3) is 0 Å². The molecule has 0 aromatic heterocycles. The van der Waals surface area contributed by atoms with Crippen molar-refractivity contribution in [3.05, 3.63) is 0 Å². The average molecular weight is 256 g/mol. The Morgan fingerprint density at radius 2 is 2.17 bits per heavy atom. The summed E-state index contributed by atoms with van der Waals surface area (Å²) in [6, 6.07) is 0.454. The number of nitrogens with zero attached hydrogens (tertiary/aromatic N) is 2. The van der Waals surface area contributed by atoms with Crippen LogP contribution in [0.4, 0.5) is 0 Å². The predicted molar refractivity (Wildman–Crippen MR) is 74.4 cm³/mol. The lowest BCUT2D eigenvalue weighted by Gasteiger charge is -2.36. The molecule has 0 aliphatic carbocycles. The van der Waals surface area contributed by atoms with Gasteiger partial charge in [0, 0.05) is 19.1 Å². The Bertz CT molecular complexity index is 284. The Morgan fingerprint density at radius 3 is 2.72 bits per heavy atom. The minimum Gasteiger partial charge on any atom is -0.368 e. The van der Waals surface area contributed by atoms with Crippen molar-refractivity contribution in [2.75, 3.05) is 39.8 Å². The van der Waals surface area contributed by atoms with Gasteiger partial charge in [0.05, 0.1) is 0 Å². The molecule has 1 rings (SSSR count). The number of likely N-dealkylation sites (N-methyl/N-ethyl adjacent to an activating group) is 2. The fourth-order valence-electron chi connectivity index (χ4n) is 2.67. The molecular formula is C13H28N4O. The van der Waals surface area contributed by atoms with E-state index in [4.69, 9.17) is 5.73 Å². The van der Waals surface area contributed by atoms with Crippen molar-refractivity contribution in [1.29, 1.82) is 0 Å². The lowest BCUT2D eigenvalue weighted by Crippen LogP contribution is -2.61. The number of nitrogens with one attached hydrogen (secondary N) is 1. The third-order valence-corrected chi connectivity index (χ3v) is 3.81. The Kier molecular flexibility index (Phi) is 5.56. The number of nitrogens with two attached hydrogens (primary N) is 1. The van der Waals surface area contributed by atoms with Gasteiger partial charge in [-0.25, -0.2) is 0 Å². The van der Waals surface area contributed by atoms with Crippen LogP contribution in [0.15, 0.2) is 0 Å². The van der Waals surface area contributed by atoms with Gasteiger partial charge in [0.1, 0.15) is 5.54 Å². The number of hydrogen-bond acceptors (Lipinski definition) is 4.